The lowest BCUT2D eigenvalue weighted by Crippen LogP contribution is -2.63. The molecular weight excluding hydrogens is 820 g/mol. The van der Waals surface area contributed by atoms with Crippen molar-refractivity contribution < 1.29 is 85.3 Å². The van der Waals surface area contributed by atoms with Crippen LogP contribution < -0.4 is 29.1 Å². The first-order chi connectivity index (χ1) is 29.4. The summed E-state index contributed by atoms with van der Waals surface area (Å²) in [5.41, 5.74) is -0.392. The van der Waals surface area contributed by atoms with Crippen LogP contribution >= 0.6 is 0 Å². The van der Waals surface area contributed by atoms with Crippen LogP contribution in [0.1, 0.15) is 47.1 Å². The summed E-state index contributed by atoms with van der Waals surface area (Å²) in [6.07, 6.45) is -6.06. The van der Waals surface area contributed by atoms with Gasteiger partial charge in [-0.3, -0.25) is 33.6 Å². The number of carbonyl (C=O) groups excluding carboxylic acids is 7. The van der Waals surface area contributed by atoms with Crippen molar-refractivity contribution in [1.82, 2.24) is 0 Å². The zero-order chi connectivity index (χ0) is 45.2. The van der Waals surface area contributed by atoms with E-state index < -0.39 is 90.3 Å². The van der Waals surface area contributed by atoms with Crippen molar-refractivity contribution in [3.63, 3.8) is 0 Å². The summed E-state index contributed by atoms with van der Waals surface area (Å²) in [6, 6.07) is 14.4. The summed E-state index contributed by atoms with van der Waals surface area (Å²) >= 11 is 0. The fraction of sp³-hybridized carbons (Fsp3) is 0.302. The van der Waals surface area contributed by atoms with Gasteiger partial charge in [0.05, 0.1) is 7.11 Å². The van der Waals surface area contributed by atoms with Crippen molar-refractivity contribution >= 4 is 58.8 Å². The summed E-state index contributed by atoms with van der Waals surface area (Å²) in [5, 5.41) is -0.302. The molecule has 0 N–H and O–H groups in total. The highest BCUT2D eigenvalue weighted by Crippen LogP contribution is 2.39. The highest BCUT2D eigenvalue weighted by atomic mass is 16.7. The van der Waals surface area contributed by atoms with Gasteiger partial charge >= 0.3 is 41.8 Å². The second kappa shape index (κ2) is 20.1. The standard InChI is InChI=1S/C43H40O19/c1-21(44)54-29-13-8-27(9-14-29)10-17-35(50)53-20-34-39(57-24(4)47)41(58-25(5)48)42(59-26(6)49)43(61-34)62-40-37(51)36-32(56-23(3)46)18-31(52-7)19-33(36)60-38(40)28-11-15-30(16-12-28)55-22(2)45/h8-19,34,39,41-43H,20H2,1-7H3/b17-10+/t34?,39-,41?,42?,43+/m1/s1. The first kappa shape index (κ1) is 45.5. The van der Waals surface area contributed by atoms with E-state index in [4.69, 9.17) is 51.8 Å². The van der Waals surface area contributed by atoms with Crippen molar-refractivity contribution in [2.24, 2.45) is 0 Å². The van der Waals surface area contributed by atoms with E-state index in [-0.39, 0.29) is 45.3 Å². The second-order valence-corrected chi connectivity index (χ2v) is 13.3. The summed E-state index contributed by atoms with van der Waals surface area (Å²) in [6.45, 7) is 5.95. The van der Waals surface area contributed by atoms with E-state index in [9.17, 15) is 38.4 Å². The number of hydrogen-bond donors (Lipinski definition) is 0. The molecule has 0 radical (unpaired) electrons. The molecule has 1 aliphatic rings. The van der Waals surface area contributed by atoms with E-state index in [0.29, 0.717) is 5.56 Å². The van der Waals surface area contributed by atoms with Crippen LogP contribution in [0, 0.1) is 0 Å². The number of hydrogen-bond acceptors (Lipinski definition) is 19. The van der Waals surface area contributed by atoms with Gasteiger partial charge < -0.3 is 51.8 Å². The molecule has 0 aliphatic carbocycles. The average Bonchev–Trinajstić information content (AvgIpc) is 3.19. The van der Waals surface area contributed by atoms with Gasteiger partial charge in [0.1, 0.15) is 46.7 Å². The van der Waals surface area contributed by atoms with Crippen LogP contribution in [0.3, 0.4) is 0 Å². The molecule has 1 aliphatic heterocycles. The van der Waals surface area contributed by atoms with Gasteiger partial charge in [0.2, 0.25) is 23.6 Å². The lowest BCUT2D eigenvalue weighted by atomic mass is 9.98. The predicted molar refractivity (Wildman–Crippen MR) is 211 cm³/mol. The molecule has 1 saturated heterocycles. The van der Waals surface area contributed by atoms with E-state index in [1.807, 2.05) is 0 Å². The van der Waals surface area contributed by atoms with Gasteiger partial charge in [-0.1, -0.05) is 12.1 Å². The van der Waals surface area contributed by atoms with Gasteiger partial charge in [-0.2, -0.15) is 0 Å². The third kappa shape index (κ3) is 11.8. The Balaban J connectivity index is 1.61. The summed E-state index contributed by atoms with van der Waals surface area (Å²) < 4.78 is 61.6. The van der Waals surface area contributed by atoms with E-state index in [1.54, 1.807) is 12.1 Å². The Morgan fingerprint density at radius 3 is 1.74 bits per heavy atom. The third-order valence-electron chi connectivity index (χ3n) is 8.43. The van der Waals surface area contributed by atoms with Gasteiger partial charge in [-0.15, -0.1) is 0 Å². The topological polar surface area (TPSA) is 242 Å². The molecule has 5 atom stereocenters. The van der Waals surface area contributed by atoms with Crippen molar-refractivity contribution in [3.05, 3.63) is 82.5 Å². The maximum Gasteiger partial charge on any atom is 0.330 e. The van der Waals surface area contributed by atoms with Gasteiger partial charge in [0.15, 0.2) is 18.0 Å². The summed E-state index contributed by atoms with van der Waals surface area (Å²) in [7, 11) is 1.33. The van der Waals surface area contributed by atoms with Crippen LogP contribution in [0.15, 0.2) is 76.0 Å². The molecular formula is C43H40O19. The minimum absolute atomic E-state index is 0.135. The van der Waals surface area contributed by atoms with Gasteiger partial charge in [0, 0.05) is 65.3 Å². The molecule has 2 heterocycles. The first-order valence-electron chi connectivity index (χ1n) is 18.6. The Hall–Kier alpha value is -7.54. The zero-order valence-corrected chi connectivity index (χ0v) is 34.3. The Morgan fingerprint density at radius 1 is 0.645 bits per heavy atom. The molecule has 3 unspecified atom stereocenters. The minimum Gasteiger partial charge on any atom is -0.496 e. The zero-order valence-electron chi connectivity index (χ0n) is 34.3. The molecule has 19 nitrogen and oxygen atoms in total. The number of methoxy groups -OCH3 is 1. The van der Waals surface area contributed by atoms with Crippen molar-refractivity contribution in [3.8, 4) is 40.1 Å². The van der Waals surface area contributed by atoms with E-state index in [0.717, 1.165) is 33.8 Å². The molecule has 3 aromatic carbocycles. The largest absolute Gasteiger partial charge is 0.496 e. The average molecular weight is 861 g/mol. The second-order valence-electron chi connectivity index (χ2n) is 13.3. The summed E-state index contributed by atoms with van der Waals surface area (Å²) in [4.78, 5) is 100. The quantitative estimate of drug-likeness (QED) is 0.0738. The highest BCUT2D eigenvalue weighted by Gasteiger charge is 2.54. The smallest absolute Gasteiger partial charge is 0.330 e. The summed E-state index contributed by atoms with van der Waals surface area (Å²) in [5.74, 6) is -6.22. The number of fused-ring (bicyclic) bond motifs is 1. The van der Waals surface area contributed by atoms with Crippen LogP contribution in [0.25, 0.3) is 28.4 Å². The number of rotatable bonds is 14. The van der Waals surface area contributed by atoms with Crippen molar-refractivity contribution in [1.29, 1.82) is 0 Å². The maximum atomic E-state index is 14.7. The van der Waals surface area contributed by atoms with Crippen LogP contribution in [-0.2, 0) is 57.2 Å². The Kier molecular flexibility index (Phi) is 14.8. The third-order valence-corrected chi connectivity index (χ3v) is 8.43. The maximum absolute atomic E-state index is 14.7. The minimum atomic E-state index is -1.92. The van der Waals surface area contributed by atoms with Crippen LogP contribution in [0.5, 0.6) is 28.7 Å². The van der Waals surface area contributed by atoms with Crippen molar-refractivity contribution in [2.45, 2.75) is 72.2 Å². The molecule has 0 saturated carbocycles. The number of esters is 7. The number of carbonyl (C=O) groups is 7. The molecule has 0 amide bonds. The Bertz CT molecular complexity index is 2450. The van der Waals surface area contributed by atoms with Crippen LogP contribution in [0.2, 0.25) is 0 Å². The normalized spacial score (nSPS) is 18.2. The molecule has 1 fully saturated rings. The lowest BCUT2D eigenvalue weighted by Gasteiger charge is -2.43. The van der Waals surface area contributed by atoms with Crippen molar-refractivity contribution in [2.75, 3.05) is 13.7 Å². The van der Waals surface area contributed by atoms with Crippen LogP contribution in [0.4, 0.5) is 0 Å². The molecule has 19 heteroatoms. The SMILES string of the molecule is COc1cc(OC(C)=O)c2c(=O)c(O[C@@H]3OC(COC(=O)/C=C/c4ccc(OC(C)=O)cc4)[C@@H](OC(C)=O)C(OC(C)=O)C3OC(C)=O)c(-c3ccc(OC(C)=O)cc3)oc2c1. The Labute approximate surface area is 352 Å². The van der Waals surface area contributed by atoms with E-state index in [1.165, 1.54) is 75.6 Å². The molecule has 0 bridgehead atoms. The van der Waals surface area contributed by atoms with Gasteiger partial charge in [-0.05, 0) is 48.0 Å². The molecule has 326 valence electrons. The fourth-order valence-electron chi connectivity index (χ4n) is 6.12. The molecule has 4 aromatic rings. The monoisotopic (exact) mass is 860 g/mol. The van der Waals surface area contributed by atoms with E-state index >= 15 is 0 Å². The molecule has 5 rings (SSSR count). The Morgan fingerprint density at radius 2 is 1.19 bits per heavy atom. The number of ether oxygens (including phenoxy) is 10. The molecule has 0 spiro atoms. The van der Waals surface area contributed by atoms with Crippen LogP contribution in [-0.4, -0.2) is 86.2 Å². The van der Waals surface area contributed by atoms with Gasteiger partial charge in [0.25, 0.3) is 0 Å². The fourth-order valence-corrected chi connectivity index (χ4v) is 6.12. The first-order valence-corrected chi connectivity index (χ1v) is 18.6. The van der Waals surface area contributed by atoms with E-state index in [2.05, 4.69) is 0 Å². The van der Waals surface area contributed by atoms with Gasteiger partial charge in [-0.25, -0.2) is 4.79 Å². The number of benzene rings is 3. The highest BCUT2D eigenvalue weighted by molar-refractivity contribution is 5.91. The molecule has 62 heavy (non-hydrogen) atoms. The lowest BCUT2D eigenvalue weighted by molar-refractivity contribution is -0.288. The predicted octanol–water partition coefficient (Wildman–Crippen LogP) is 4.40. The molecule has 1 aromatic heterocycles.